The van der Waals surface area contributed by atoms with Crippen LogP contribution in [0.2, 0.25) is 0 Å². The lowest BCUT2D eigenvalue weighted by Crippen LogP contribution is -2.13. The largest absolute Gasteiger partial charge is 0.496 e. The zero-order valence-electron chi connectivity index (χ0n) is 14.3. The summed E-state index contributed by atoms with van der Waals surface area (Å²) in [7, 11) is 5.03. The van der Waals surface area contributed by atoms with E-state index in [0.717, 1.165) is 23.4 Å². The van der Waals surface area contributed by atoms with Crippen molar-refractivity contribution in [3.8, 4) is 11.5 Å². The van der Waals surface area contributed by atoms with E-state index in [0.29, 0.717) is 17.1 Å². The summed E-state index contributed by atoms with van der Waals surface area (Å²) in [6.45, 7) is 2.64. The Kier molecular flexibility index (Phi) is 7.55. The maximum atomic E-state index is 12.5. The van der Waals surface area contributed by atoms with Crippen molar-refractivity contribution in [3.05, 3.63) is 53.1 Å². The minimum Gasteiger partial charge on any atom is -0.496 e. The molecular formula is C18H23ClN2O3. The molecule has 2 aromatic carbocycles. The number of ether oxygens (including phenoxy) is 2. The van der Waals surface area contributed by atoms with Crippen LogP contribution in [0.4, 0.5) is 5.69 Å². The normalized spacial score (nSPS) is 9.83. The highest BCUT2D eigenvalue weighted by molar-refractivity contribution is 6.05. The number of methoxy groups -OCH3 is 2. The number of benzene rings is 2. The van der Waals surface area contributed by atoms with E-state index < -0.39 is 0 Å². The van der Waals surface area contributed by atoms with Crippen LogP contribution < -0.4 is 20.1 Å². The molecule has 0 saturated carbocycles. The molecule has 2 aromatic rings. The molecule has 0 unspecified atom stereocenters. The van der Waals surface area contributed by atoms with Crippen molar-refractivity contribution < 1.29 is 14.3 Å². The summed E-state index contributed by atoms with van der Waals surface area (Å²) in [5.74, 6) is 1.04. The molecule has 0 bridgehead atoms. The van der Waals surface area contributed by atoms with Crippen molar-refractivity contribution in [2.24, 2.45) is 0 Å². The van der Waals surface area contributed by atoms with Crippen LogP contribution in [-0.2, 0) is 6.54 Å². The lowest BCUT2D eigenvalue weighted by Gasteiger charge is -2.13. The molecule has 0 atom stereocenters. The fourth-order valence-electron chi connectivity index (χ4n) is 2.38. The van der Waals surface area contributed by atoms with Crippen molar-refractivity contribution in [3.63, 3.8) is 0 Å². The van der Waals surface area contributed by atoms with Gasteiger partial charge in [-0.3, -0.25) is 4.79 Å². The van der Waals surface area contributed by atoms with Gasteiger partial charge >= 0.3 is 0 Å². The Morgan fingerprint density at radius 3 is 2.25 bits per heavy atom. The first kappa shape index (κ1) is 19.8. The van der Waals surface area contributed by atoms with E-state index in [4.69, 9.17) is 9.47 Å². The minimum atomic E-state index is -0.205. The molecule has 1 amide bonds. The molecule has 2 rings (SSSR count). The molecule has 0 aromatic heterocycles. The molecule has 0 aliphatic carbocycles. The number of hydrogen-bond donors (Lipinski definition) is 2. The van der Waals surface area contributed by atoms with Gasteiger partial charge in [0.1, 0.15) is 11.5 Å². The zero-order chi connectivity index (χ0) is 16.8. The monoisotopic (exact) mass is 350 g/mol. The first-order chi connectivity index (χ1) is 11.1. The molecule has 5 nitrogen and oxygen atoms in total. The fourth-order valence-corrected chi connectivity index (χ4v) is 2.38. The predicted octanol–water partition coefficient (Wildman–Crippen LogP) is 3.41. The van der Waals surface area contributed by atoms with Crippen molar-refractivity contribution in [2.45, 2.75) is 13.5 Å². The smallest absolute Gasteiger partial charge is 0.255 e. The van der Waals surface area contributed by atoms with E-state index in [1.165, 1.54) is 0 Å². The highest BCUT2D eigenvalue weighted by atomic mass is 35.5. The molecular weight excluding hydrogens is 328 g/mol. The van der Waals surface area contributed by atoms with Crippen LogP contribution in [0.1, 0.15) is 21.5 Å². The second kappa shape index (κ2) is 9.15. The van der Waals surface area contributed by atoms with E-state index in [2.05, 4.69) is 10.6 Å². The van der Waals surface area contributed by atoms with Gasteiger partial charge in [0.05, 0.1) is 14.2 Å². The highest BCUT2D eigenvalue weighted by Gasteiger charge is 2.14. The van der Waals surface area contributed by atoms with Gasteiger partial charge in [-0.25, -0.2) is 0 Å². The van der Waals surface area contributed by atoms with E-state index in [9.17, 15) is 4.79 Å². The maximum absolute atomic E-state index is 12.5. The average Bonchev–Trinajstić information content (AvgIpc) is 2.55. The Hall–Kier alpha value is -2.24. The molecule has 0 radical (unpaired) electrons. The lowest BCUT2D eigenvalue weighted by atomic mass is 10.1. The molecule has 24 heavy (non-hydrogen) atoms. The molecule has 0 fully saturated rings. The van der Waals surface area contributed by atoms with Crippen molar-refractivity contribution in [1.82, 2.24) is 5.32 Å². The molecule has 2 N–H and O–H groups in total. The Balaban J connectivity index is 0.00000288. The second-order valence-electron chi connectivity index (χ2n) is 5.19. The van der Waals surface area contributed by atoms with Gasteiger partial charge in [-0.05, 0) is 43.8 Å². The van der Waals surface area contributed by atoms with Gasteiger partial charge in [0.2, 0.25) is 0 Å². The first-order valence-electron chi connectivity index (χ1n) is 7.36. The molecule has 6 heteroatoms. The zero-order valence-corrected chi connectivity index (χ0v) is 15.1. The molecule has 0 heterocycles. The molecule has 130 valence electrons. The van der Waals surface area contributed by atoms with Gasteiger partial charge in [0.15, 0.2) is 0 Å². The summed E-state index contributed by atoms with van der Waals surface area (Å²) in [4.78, 5) is 12.5. The standard InChI is InChI=1S/C18H22N2O3.ClH/c1-12-16(22-3)9-14(10-17(12)23-4)18(21)20-15-7-5-6-13(8-15)11-19-2;/h5-10,19H,11H2,1-4H3,(H,20,21);1H. The summed E-state index contributed by atoms with van der Waals surface area (Å²) in [6.07, 6.45) is 0. The van der Waals surface area contributed by atoms with Gasteiger partial charge in [-0.1, -0.05) is 12.1 Å². The Morgan fingerprint density at radius 2 is 1.71 bits per heavy atom. The molecule has 0 aliphatic heterocycles. The topological polar surface area (TPSA) is 59.6 Å². The van der Waals surface area contributed by atoms with Crippen LogP contribution >= 0.6 is 12.4 Å². The van der Waals surface area contributed by atoms with Crippen molar-refractivity contribution in [1.29, 1.82) is 0 Å². The minimum absolute atomic E-state index is 0. The third-order valence-corrected chi connectivity index (χ3v) is 3.58. The van der Waals surface area contributed by atoms with Gasteiger partial charge in [0.25, 0.3) is 5.91 Å². The molecule has 0 saturated heterocycles. The van der Waals surface area contributed by atoms with Crippen LogP contribution in [0.3, 0.4) is 0 Å². The molecule has 0 spiro atoms. The van der Waals surface area contributed by atoms with Gasteiger partial charge in [-0.15, -0.1) is 12.4 Å². The summed E-state index contributed by atoms with van der Waals surface area (Å²) < 4.78 is 10.6. The van der Waals surface area contributed by atoms with Crippen molar-refractivity contribution >= 4 is 24.0 Å². The third kappa shape index (κ3) is 4.63. The second-order valence-corrected chi connectivity index (χ2v) is 5.19. The number of nitrogens with one attached hydrogen (secondary N) is 2. The number of rotatable bonds is 6. The first-order valence-corrected chi connectivity index (χ1v) is 7.36. The van der Waals surface area contributed by atoms with Gasteiger partial charge in [0, 0.05) is 23.4 Å². The lowest BCUT2D eigenvalue weighted by molar-refractivity contribution is 0.102. The quantitative estimate of drug-likeness (QED) is 0.838. The average molecular weight is 351 g/mol. The Labute approximate surface area is 148 Å². The van der Waals surface area contributed by atoms with E-state index in [-0.39, 0.29) is 18.3 Å². The molecule has 0 aliphatic rings. The van der Waals surface area contributed by atoms with Gasteiger partial charge in [-0.2, -0.15) is 0 Å². The SMILES string of the molecule is CNCc1cccc(NC(=O)c2cc(OC)c(C)c(OC)c2)c1.Cl. The Bertz CT molecular complexity index is 679. The van der Waals surface area contributed by atoms with Crippen LogP contribution in [-0.4, -0.2) is 27.2 Å². The Morgan fingerprint density at radius 1 is 1.08 bits per heavy atom. The number of hydrogen-bond acceptors (Lipinski definition) is 4. The van der Waals surface area contributed by atoms with Crippen LogP contribution in [0.25, 0.3) is 0 Å². The highest BCUT2D eigenvalue weighted by Crippen LogP contribution is 2.29. The van der Waals surface area contributed by atoms with Crippen molar-refractivity contribution in [2.75, 3.05) is 26.6 Å². The number of carbonyl (C=O) groups is 1. The number of halogens is 1. The van der Waals surface area contributed by atoms with Crippen LogP contribution in [0.15, 0.2) is 36.4 Å². The number of amides is 1. The van der Waals surface area contributed by atoms with E-state index in [1.54, 1.807) is 26.4 Å². The fraction of sp³-hybridized carbons (Fsp3) is 0.278. The van der Waals surface area contributed by atoms with E-state index >= 15 is 0 Å². The summed E-state index contributed by atoms with van der Waals surface area (Å²) >= 11 is 0. The van der Waals surface area contributed by atoms with Crippen LogP contribution in [0, 0.1) is 6.92 Å². The van der Waals surface area contributed by atoms with E-state index in [1.807, 2.05) is 38.2 Å². The maximum Gasteiger partial charge on any atom is 0.255 e. The third-order valence-electron chi connectivity index (χ3n) is 3.58. The predicted molar refractivity (Wildman–Crippen MR) is 98.7 cm³/mol. The number of anilines is 1. The summed E-state index contributed by atoms with van der Waals surface area (Å²) in [6, 6.07) is 11.1. The summed E-state index contributed by atoms with van der Waals surface area (Å²) in [5.41, 5.74) is 3.21. The van der Waals surface area contributed by atoms with Crippen LogP contribution in [0.5, 0.6) is 11.5 Å². The number of carbonyl (C=O) groups excluding carboxylic acids is 1. The summed E-state index contributed by atoms with van der Waals surface area (Å²) in [5, 5.41) is 5.99. The van der Waals surface area contributed by atoms with Gasteiger partial charge < -0.3 is 20.1 Å².